The molecule has 2 aliphatic heterocycles. The van der Waals surface area contributed by atoms with Gasteiger partial charge in [-0.1, -0.05) is 12.1 Å². The number of hydrogen-bond acceptors (Lipinski definition) is 3. The first kappa shape index (κ1) is 12.9. The van der Waals surface area contributed by atoms with Crippen LogP contribution in [0.15, 0.2) is 18.2 Å². The van der Waals surface area contributed by atoms with Crippen LogP contribution in [-0.4, -0.2) is 25.8 Å². The van der Waals surface area contributed by atoms with Crippen LogP contribution < -0.4 is 10.6 Å². The van der Waals surface area contributed by atoms with Crippen LogP contribution in [0.2, 0.25) is 0 Å². The summed E-state index contributed by atoms with van der Waals surface area (Å²) in [5.41, 5.74) is 4.31. The molecule has 104 valence electrons. The first-order chi connectivity index (χ1) is 9.43. The topological polar surface area (TPSA) is 33.3 Å². The van der Waals surface area contributed by atoms with Crippen LogP contribution in [0, 0.1) is 0 Å². The summed E-state index contributed by atoms with van der Waals surface area (Å²) in [4.78, 5) is 0. The lowest BCUT2D eigenvalue weighted by molar-refractivity contribution is 0.104. The van der Waals surface area contributed by atoms with E-state index < -0.39 is 0 Å². The highest BCUT2D eigenvalue weighted by Gasteiger charge is 2.15. The highest BCUT2D eigenvalue weighted by Crippen LogP contribution is 2.25. The van der Waals surface area contributed by atoms with Crippen molar-refractivity contribution in [2.24, 2.45) is 0 Å². The van der Waals surface area contributed by atoms with Crippen molar-refractivity contribution < 1.29 is 4.74 Å². The van der Waals surface area contributed by atoms with Crippen molar-refractivity contribution in [1.29, 1.82) is 0 Å². The molecule has 2 aliphatic rings. The molecular formula is C16H24N2O. The highest BCUT2D eigenvalue weighted by atomic mass is 16.5. The third kappa shape index (κ3) is 3.28. The maximum atomic E-state index is 5.65. The molecule has 1 atom stereocenters. The Hall–Kier alpha value is -1.06. The highest BCUT2D eigenvalue weighted by molar-refractivity contribution is 5.56. The summed E-state index contributed by atoms with van der Waals surface area (Å²) in [5.74, 6) is 0. The molecule has 3 nitrogen and oxygen atoms in total. The van der Waals surface area contributed by atoms with E-state index in [9.17, 15) is 0 Å². The first-order valence-electron chi connectivity index (χ1n) is 7.60. The molecule has 0 aromatic heterocycles. The molecule has 1 unspecified atom stereocenters. The molecule has 19 heavy (non-hydrogen) atoms. The van der Waals surface area contributed by atoms with Crippen molar-refractivity contribution in [1.82, 2.24) is 5.32 Å². The van der Waals surface area contributed by atoms with Gasteiger partial charge in [-0.25, -0.2) is 0 Å². The number of ether oxygens (including phenoxy) is 1. The predicted molar refractivity (Wildman–Crippen MR) is 78.6 cm³/mol. The zero-order valence-corrected chi connectivity index (χ0v) is 11.6. The third-order valence-corrected chi connectivity index (χ3v) is 4.17. The van der Waals surface area contributed by atoms with E-state index in [0.29, 0.717) is 6.10 Å². The minimum atomic E-state index is 0.499. The molecule has 1 aromatic rings. The quantitative estimate of drug-likeness (QED) is 0.799. The summed E-state index contributed by atoms with van der Waals surface area (Å²) in [7, 11) is 0. The number of hydrogen-bond donors (Lipinski definition) is 2. The molecule has 0 aliphatic carbocycles. The van der Waals surface area contributed by atoms with Crippen LogP contribution in [0.25, 0.3) is 0 Å². The Bertz CT molecular complexity index is 413. The molecule has 1 aromatic carbocycles. The molecule has 0 bridgehead atoms. The second kappa shape index (κ2) is 6.40. The van der Waals surface area contributed by atoms with Crippen molar-refractivity contribution in [2.45, 2.75) is 44.8 Å². The monoisotopic (exact) mass is 260 g/mol. The van der Waals surface area contributed by atoms with Crippen LogP contribution in [-0.2, 0) is 17.7 Å². The Morgan fingerprint density at radius 1 is 1.32 bits per heavy atom. The number of nitrogens with one attached hydrogen (secondary N) is 2. The van der Waals surface area contributed by atoms with E-state index in [0.717, 1.165) is 32.7 Å². The summed E-state index contributed by atoms with van der Waals surface area (Å²) < 4.78 is 5.65. The van der Waals surface area contributed by atoms with Gasteiger partial charge >= 0.3 is 0 Å². The molecule has 2 heterocycles. The van der Waals surface area contributed by atoms with Crippen LogP contribution in [0.4, 0.5) is 5.69 Å². The lowest BCUT2D eigenvalue weighted by Crippen LogP contribution is -2.21. The Kier molecular flexibility index (Phi) is 4.36. The molecule has 0 saturated carbocycles. The van der Waals surface area contributed by atoms with Gasteiger partial charge in [-0.05, 0) is 55.8 Å². The summed E-state index contributed by atoms with van der Waals surface area (Å²) >= 11 is 0. The lowest BCUT2D eigenvalue weighted by Gasteiger charge is -2.21. The number of benzene rings is 1. The molecule has 3 rings (SSSR count). The zero-order valence-electron chi connectivity index (χ0n) is 11.6. The van der Waals surface area contributed by atoms with Gasteiger partial charge in [0.25, 0.3) is 0 Å². The van der Waals surface area contributed by atoms with Crippen LogP contribution >= 0.6 is 0 Å². The van der Waals surface area contributed by atoms with E-state index >= 15 is 0 Å². The number of fused-ring (bicyclic) bond motifs is 1. The molecule has 1 fully saturated rings. The molecule has 1 saturated heterocycles. The second-order valence-corrected chi connectivity index (χ2v) is 5.57. The fraction of sp³-hybridized carbons (Fsp3) is 0.625. The van der Waals surface area contributed by atoms with Gasteiger partial charge in [0.15, 0.2) is 0 Å². The van der Waals surface area contributed by atoms with Crippen LogP contribution in [0.3, 0.4) is 0 Å². The van der Waals surface area contributed by atoms with Gasteiger partial charge in [0.05, 0.1) is 6.10 Å². The SMILES string of the molecule is c1cc(CNCCC2CCCO2)c2c(c1)NCCC2. The fourth-order valence-electron chi connectivity index (χ4n) is 3.11. The summed E-state index contributed by atoms with van der Waals surface area (Å²) in [6, 6.07) is 6.61. The minimum Gasteiger partial charge on any atom is -0.385 e. The Morgan fingerprint density at radius 3 is 3.21 bits per heavy atom. The minimum absolute atomic E-state index is 0.499. The van der Waals surface area contributed by atoms with E-state index in [1.807, 2.05) is 0 Å². The van der Waals surface area contributed by atoms with Gasteiger partial charge in [-0.3, -0.25) is 0 Å². The maximum Gasteiger partial charge on any atom is 0.0588 e. The number of rotatable bonds is 5. The van der Waals surface area contributed by atoms with Gasteiger partial charge in [0, 0.05) is 25.4 Å². The molecule has 0 amide bonds. The average molecular weight is 260 g/mol. The summed E-state index contributed by atoms with van der Waals surface area (Å²) in [6.45, 7) is 4.12. The second-order valence-electron chi connectivity index (χ2n) is 5.57. The molecule has 0 radical (unpaired) electrons. The zero-order chi connectivity index (χ0) is 12.9. The first-order valence-corrected chi connectivity index (χ1v) is 7.60. The maximum absolute atomic E-state index is 5.65. The van der Waals surface area contributed by atoms with Crippen molar-refractivity contribution >= 4 is 5.69 Å². The van der Waals surface area contributed by atoms with E-state index in [2.05, 4.69) is 28.8 Å². The average Bonchev–Trinajstić information content (AvgIpc) is 2.97. The van der Waals surface area contributed by atoms with Crippen LogP contribution in [0.5, 0.6) is 0 Å². The van der Waals surface area contributed by atoms with E-state index in [1.165, 1.54) is 42.5 Å². The Morgan fingerprint density at radius 2 is 2.32 bits per heavy atom. The normalized spacial score (nSPS) is 22.0. The van der Waals surface area contributed by atoms with E-state index in [1.54, 1.807) is 0 Å². The summed E-state index contributed by atoms with van der Waals surface area (Å²) in [6.07, 6.45) is 6.59. The largest absolute Gasteiger partial charge is 0.385 e. The van der Waals surface area contributed by atoms with Crippen molar-refractivity contribution in [3.63, 3.8) is 0 Å². The third-order valence-electron chi connectivity index (χ3n) is 4.17. The molecular weight excluding hydrogens is 236 g/mol. The van der Waals surface area contributed by atoms with E-state index in [4.69, 9.17) is 4.74 Å². The van der Waals surface area contributed by atoms with Crippen molar-refractivity contribution in [2.75, 3.05) is 25.0 Å². The van der Waals surface area contributed by atoms with Gasteiger partial charge in [-0.2, -0.15) is 0 Å². The lowest BCUT2D eigenvalue weighted by atomic mass is 9.97. The number of anilines is 1. The predicted octanol–water partition coefficient (Wildman–Crippen LogP) is 2.70. The standard InChI is InChI=1S/C16H24N2O/c1-4-13(15-6-2-9-18-16(15)7-1)12-17-10-8-14-5-3-11-19-14/h1,4,7,14,17-18H,2-3,5-6,8-12H2. The summed E-state index contributed by atoms with van der Waals surface area (Å²) in [5, 5.41) is 7.06. The van der Waals surface area contributed by atoms with Crippen molar-refractivity contribution in [3.8, 4) is 0 Å². The molecule has 2 N–H and O–H groups in total. The van der Waals surface area contributed by atoms with E-state index in [-0.39, 0.29) is 0 Å². The molecule has 0 spiro atoms. The van der Waals surface area contributed by atoms with Crippen molar-refractivity contribution in [3.05, 3.63) is 29.3 Å². The van der Waals surface area contributed by atoms with Gasteiger partial charge in [0.1, 0.15) is 0 Å². The molecule has 3 heteroatoms. The van der Waals surface area contributed by atoms with Crippen LogP contribution in [0.1, 0.15) is 36.8 Å². The Balaban J connectivity index is 1.49. The fourth-order valence-corrected chi connectivity index (χ4v) is 3.11. The Labute approximate surface area is 115 Å². The smallest absolute Gasteiger partial charge is 0.0588 e. The van der Waals surface area contributed by atoms with Gasteiger partial charge < -0.3 is 15.4 Å². The van der Waals surface area contributed by atoms with Gasteiger partial charge in [0.2, 0.25) is 0 Å². The van der Waals surface area contributed by atoms with Gasteiger partial charge in [-0.15, -0.1) is 0 Å².